The molecule has 1 aromatic carbocycles. The summed E-state index contributed by atoms with van der Waals surface area (Å²) in [6, 6.07) is 10.8. The highest BCUT2D eigenvalue weighted by Crippen LogP contribution is 2.27. The first-order chi connectivity index (χ1) is 9.65. The molecule has 0 aliphatic carbocycles. The monoisotopic (exact) mass is 268 g/mol. The third-order valence-corrected chi connectivity index (χ3v) is 2.91. The second kappa shape index (κ2) is 4.70. The maximum Gasteiger partial charge on any atom is 0.354 e. The van der Waals surface area contributed by atoms with Crippen LogP contribution in [0.1, 0.15) is 10.5 Å². The summed E-state index contributed by atoms with van der Waals surface area (Å²) in [6.45, 7) is 0. The van der Waals surface area contributed by atoms with E-state index in [1.54, 1.807) is 30.5 Å². The molecule has 1 N–H and O–H groups in total. The van der Waals surface area contributed by atoms with Crippen LogP contribution in [-0.4, -0.2) is 21.0 Å². The highest BCUT2D eigenvalue weighted by Gasteiger charge is 2.11. The van der Waals surface area contributed by atoms with E-state index in [0.717, 1.165) is 0 Å². The van der Waals surface area contributed by atoms with Crippen LogP contribution < -0.4 is 0 Å². The van der Waals surface area contributed by atoms with Crippen molar-refractivity contribution in [1.82, 2.24) is 9.97 Å². The summed E-state index contributed by atoms with van der Waals surface area (Å²) in [5.74, 6) is -1.54. The Labute approximate surface area is 113 Å². The van der Waals surface area contributed by atoms with Gasteiger partial charge in [0, 0.05) is 17.1 Å². The molecule has 20 heavy (non-hydrogen) atoms. The lowest BCUT2D eigenvalue weighted by atomic mass is 10.1. The Morgan fingerprint density at radius 3 is 2.80 bits per heavy atom. The summed E-state index contributed by atoms with van der Waals surface area (Å²) in [4.78, 5) is 19.2. The zero-order valence-electron chi connectivity index (χ0n) is 10.2. The Morgan fingerprint density at radius 1 is 1.15 bits per heavy atom. The lowest BCUT2D eigenvalue weighted by Gasteiger charge is -2.06. The molecule has 0 atom stereocenters. The Morgan fingerprint density at radius 2 is 2.00 bits per heavy atom. The lowest BCUT2D eigenvalue weighted by Crippen LogP contribution is -2.01. The van der Waals surface area contributed by atoms with Crippen molar-refractivity contribution < 1.29 is 14.3 Å². The van der Waals surface area contributed by atoms with Crippen molar-refractivity contribution in [2.24, 2.45) is 0 Å². The largest absolute Gasteiger partial charge is 0.477 e. The van der Waals surface area contributed by atoms with Crippen LogP contribution in [0.25, 0.3) is 22.2 Å². The zero-order valence-corrected chi connectivity index (χ0v) is 10.2. The van der Waals surface area contributed by atoms with Crippen molar-refractivity contribution >= 4 is 16.9 Å². The van der Waals surface area contributed by atoms with E-state index in [9.17, 15) is 9.18 Å². The number of hydrogen-bond donors (Lipinski definition) is 1. The van der Waals surface area contributed by atoms with E-state index >= 15 is 0 Å². The average molecular weight is 268 g/mol. The molecule has 0 aliphatic rings. The topological polar surface area (TPSA) is 63.1 Å². The number of carboxylic acid groups (broad SMARTS) is 1. The molecule has 5 heteroatoms. The first kappa shape index (κ1) is 12.2. The van der Waals surface area contributed by atoms with E-state index in [-0.39, 0.29) is 5.69 Å². The van der Waals surface area contributed by atoms with Gasteiger partial charge in [0.2, 0.25) is 0 Å². The fourth-order valence-electron chi connectivity index (χ4n) is 2.05. The van der Waals surface area contributed by atoms with Gasteiger partial charge >= 0.3 is 5.97 Å². The van der Waals surface area contributed by atoms with Crippen LogP contribution in [0.5, 0.6) is 0 Å². The van der Waals surface area contributed by atoms with Crippen LogP contribution in [0, 0.1) is 5.82 Å². The lowest BCUT2D eigenvalue weighted by molar-refractivity contribution is 0.0690. The smallest absolute Gasteiger partial charge is 0.354 e. The molecule has 0 unspecified atom stereocenters. The Hall–Kier alpha value is -2.82. The van der Waals surface area contributed by atoms with Gasteiger partial charge in [0.1, 0.15) is 11.5 Å². The molecule has 0 fully saturated rings. The van der Waals surface area contributed by atoms with Gasteiger partial charge in [-0.2, -0.15) is 0 Å². The normalized spacial score (nSPS) is 10.7. The van der Waals surface area contributed by atoms with Crippen LogP contribution in [0.2, 0.25) is 0 Å². The number of nitrogens with zero attached hydrogens (tertiary/aromatic N) is 2. The number of fused-ring (bicyclic) bond motifs is 1. The van der Waals surface area contributed by atoms with Gasteiger partial charge < -0.3 is 5.11 Å². The molecule has 0 radical (unpaired) electrons. The van der Waals surface area contributed by atoms with E-state index in [1.807, 2.05) is 0 Å². The van der Waals surface area contributed by atoms with Crippen molar-refractivity contribution in [3.63, 3.8) is 0 Å². The molecule has 3 aromatic rings. The molecule has 0 aliphatic heterocycles. The standard InChI is InChI=1S/C15H9FN2O2/c16-10-7-9-3-2-6-17-14(9)11(8-10)12-4-1-5-13(18-12)15(19)20/h1-8H,(H,19,20). The van der Waals surface area contributed by atoms with Crippen molar-refractivity contribution in [2.75, 3.05) is 0 Å². The Kier molecular flexibility index (Phi) is 2.87. The molecule has 0 saturated carbocycles. The minimum Gasteiger partial charge on any atom is -0.477 e. The fraction of sp³-hybridized carbons (Fsp3) is 0. The molecule has 0 saturated heterocycles. The summed E-state index contributed by atoms with van der Waals surface area (Å²) >= 11 is 0. The molecule has 4 nitrogen and oxygen atoms in total. The SMILES string of the molecule is O=C(O)c1cccc(-c2cc(F)cc3cccnc23)n1. The van der Waals surface area contributed by atoms with Gasteiger partial charge in [-0.25, -0.2) is 14.2 Å². The average Bonchev–Trinajstić information content (AvgIpc) is 2.46. The van der Waals surface area contributed by atoms with Gasteiger partial charge in [-0.3, -0.25) is 4.98 Å². The number of carboxylic acids is 1. The van der Waals surface area contributed by atoms with E-state index in [1.165, 1.54) is 18.2 Å². The molecule has 2 heterocycles. The van der Waals surface area contributed by atoms with Gasteiger partial charge in [-0.05, 0) is 30.3 Å². The molecule has 2 aromatic heterocycles. The molecule has 0 amide bonds. The molecular weight excluding hydrogens is 259 g/mol. The minimum absolute atomic E-state index is 0.0872. The first-order valence-corrected chi connectivity index (χ1v) is 5.90. The van der Waals surface area contributed by atoms with Crippen molar-refractivity contribution in [2.45, 2.75) is 0 Å². The molecule has 98 valence electrons. The van der Waals surface area contributed by atoms with Gasteiger partial charge in [-0.1, -0.05) is 12.1 Å². The third-order valence-electron chi connectivity index (χ3n) is 2.91. The Bertz CT molecular complexity index is 818. The highest BCUT2D eigenvalue weighted by molar-refractivity contribution is 5.93. The summed E-state index contributed by atoms with van der Waals surface area (Å²) in [6.07, 6.45) is 1.60. The van der Waals surface area contributed by atoms with Crippen LogP contribution in [0.4, 0.5) is 4.39 Å². The van der Waals surface area contributed by atoms with Crippen molar-refractivity contribution in [3.05, 3.63) is 60.2 Å². The van der Waals surface area contributed by atoms with E-state index in [2.05, 4.69) is 9.97 Å². The minimum atomic E-state index is -1.12. The van der Waals surface area contributed by atoms with Crippen molar-refractivity contribution in [3.8, 4) is 11.3 Å². The second-order valence-electron chi connectivity index (χ2n) is 4.24. The second-order valence-corrected chi connectivity index (χ2v) is 4.24. The summed E-state index contributed by atoms with van der Waals surface area (Å²) < 4.78 is 13.7. The van der Waals surface area contributed by atoms with Crippen LogP contribution in [0.15, 0.2) is 48.7 Å². The van der Waals surface area contributed by atoms with Crippen LogP contribution in [-0.2, 0) is 0 Å². The fourth-order valence-corrected chi connectivity index (χ4v) is 2.05. The van der Waals surface area contributed by atoms with Gasteiger partial charge in [0.25, 0.3) is 0 Å². The van der Waals surface area contributed by atoms with E-state index in [4.69, 9.17) is 5.11 Å². The number of pyridine rings is 2. The summed E-state index contributed by atoms with van der Waals surface area (Å²) in [5, 5.41) is 9.62. The number of rotatable bonds is 2. The van der Waals surface area contributed by atoms with Crippen LogP contribution in [0.3, 0.4) is 0 Å². The number of benzene rings is 1. The third kappa shape index (κ3) is 2.09. The number of halogens is 1. The molecule has 0 bridgehead atoms. The molecule has 0 spiro atoms. The van der Waals surface area contributed by atoms with Gasteiger partial charge in [-0.15, -0.1) is 0 Å². The van der Waals surface area contributed by atoms with Crippen LogP contribution >= 0.6 is 0 Å². The number of aromatic carboxylic acids is 1. The zero-order chi connectivity index (χ0) is 14.1. The molecular formula is C15H9FN2O2. The maximum atomic E-state index is 13.7. The quantitative estimate of drug-likeness (QED) is 0.775. The van der Waals surface area contributed by atoms with E-state index in [0.29, 0.717) is 22.2 Å². The maximum absolute atomic E-state index is 13.7. The first-order valence-electron chi connectivity index (χ1n) is 5.90. The van der Waals surface area contributed by atoms with E-state index < -0.39 is 11.8 Å². The number of hydrogen-bond acceptors (Lipinski definition) is 3. The van der Waals surface area contributed by atoms with Gasteiger partial charge in [0.15, 0.2) is 0 Å². The number of carbonyl (C=O) groups is 1. The van der Waals surface area contributed by atoms with Crippen molar-refractivity contribution in [1.29, 1.82) is 0 Å². The number of aromatic nitrogens is 2. The van der Waals surface area contributed by atoms with Gasteiger partial charge in [0.05, 0.1) is 11.2 Å². The Balaban J connectivity index is 2.29. The molecule has 3 rings (SSSR count). The predicted octanol–water partition coefficient (Wildman–Crippen LogP) is 3.13. The summed E-state index contributed by atoms with van der Waals surface area (Å²) in [7, 11) is 0. The predicted molar refractivity (Wildman–Crippen MR) is 71.9 cm³/mol. The highest BCUT2D eigenvalue weighted by atomic mass is 19.1. The summed E-state index contributed by atoms with van der Waals surface area (Å²) in [5.41, 5.74) is 1.36.